The maximum absolute atomic E-state index is 11.1. The fraction of sp³-hybridized carbons (Fsp3) is 0.571. The van der Waals surface area contributed by atoms with Gasteiger partial charge in [-0.2, -0.15) is 0 Å². The summed E-state index contributed by atoms with van der Waals surface area (Å²) in [7, 11) is 0. The van der Waals surface area contributed by atoms with Crippen LogP contribution in [-0.2, 0) is 9.59 Å². The lowest BCUT2D eigenvalue weighted by Crippen LogP contribution is -2.35. The van der Waals surface area contributed by atoms with Gasteiger partial charge in [0, 0.05) is 0 Å². The van der Waals surface area contributed by atoms with Crippen LogP contribution in [0.25, 0.3) is 0 Å². The number of amides is 1. The fourth-order valence-corrected chi connectivity index (χ4v) is 0.988. The first-order chi connectivity index (χ1) is 5.70. The highest BCUT2D eigenvalue weighted by atomic mass is 16.4. The number of hydrogen-bond donors (Lipinski definition) is 2. The maximum Gasteiger partial charge on any atom is 0.322 e. The van der Waals surface area contributed by atoms with Gasteiger partial charge in [0.2, 0.25) is 5.91 Å². The number of carboxylic acids is 1. The van der Waals surface area contributed by atoms with Gasteiger partial charge in [0.05, 0.1) is 0 Å². The number of aliphatic imine (C=N–C) groups is 1. The molecule has 0 aromatic rings. The minimum atomic E-state index is -1.04. The molecule has 0 fully saturated rings. The number of carbonyl (C=O) groups is 2. The Morgan fingerprint density at radius 2 is 2.42 bits per heavy atom. The Morgan fingerprint density at radius 1 is 1.67 bits per heavy atom. The summed E-state index contributed by atoms with van der Waals surface area (Å²) >= 11 is 0. The Balaban J connectivity index is 2.28. The minimum Gasteiger partial charge on any atom is -0.480 e. The van der Waals surface area contributed by atoms with Crippen LogP contribution < -0.4 is 5.32 Å². The zero-order chi connectivity index (χ0) is 8.97. The Kier molecular flexibility index (Phi) is 2.79. The zero-order valence-electron chi connectivity index (χ0n) is 6.49. The van der Waals surface area contributed by atoms with Gasteiger partial charge >= 0.3 is 5.97 Å². The average molecular weight is 170 g/mol. The summed E-state index contributed by atoms with van der Waals surface area (Å²) in [6.45, 7) is -0.329. The highest BCUT2D eigenvalue weighted by molar-refractivity contribution is 5.87. The van der Waals surface area contributed by atoms with Gasteiger partial charge in [-0.1, -0.05) is 0 Å². The van der Waals surface area contributed by atoms with Gasteiger partial charge in [0.1, 0.15) is 12.6 Å². The van der Waals surface area contributed by atoms with E-state index < -0.39 is 5.97 Å². The van der Waals surface area contributed by atoms with Crippen LogP contribution in [0.3, 0.4) is 0 Å². The molecule has 1 aliphatic heterocycles. The normalized spacial score (nSPS) is 20.8. The summed E-state index contributed by atoms with van der Waals surface area (Å²) < 4.78 is 0. The van der Waals surface area contributed by atoms with E-state index in [2.05, 4.69) is 10.3 Å². The lowest BCUT2D eigenvalue weighted by atomic mass is 10.2. The summed E-state index contributed by atoms with van der Waals surface area (Å²) in [6.07, 6.45) is 3.17. The molecule has 66 valence electrons. The molecular weight excluding hydrogens is 160 g/mol. The number of hydrogen-bond acceptors (Lipinski definition) is 3. The van der Waals surface area contributed by atoms with Crippen LogP contribution in [0.15, 0.2) is 4.99 Å². The fourth-order valence-electron chi connectivity index (χ4n) is 0.988. The highest BCUT2D eigenvalue weighted by Crippen LogP contribution is 2.07. The van der Waals surface area contributed by atoms with Crippen LogP contribution >= 0.6 is 0 Å². The molecule has 0 aromatic heterocycles. The molecule has 0 spiro atoms. The largest absolute Gasteiger partial charge is 0.480 e. The minimum absolute atomic E-state index is 0.300. The smallest absolute Gasteiger partial charge is 0.322 e. The van der Waals surface area contributed by atoms with Crippen LogP contribution in [-0.4, -0.2) is 35.8 Å². The monoisotopic (exact) mass is 170 g/mol. The molecule has 0 aromatic carbocycles. The first kappa shape index (κ1) is 8.70. The van der Waals surface area contributed by atoms with Crippen molar-refractivity contribution >= 4 is 18.1 Å². The van der Waals surface area contributed by atoms with Crippen molar-refractivity contribution in [3.05, 3.63) is 0 Å². The number of carbonyl (C=O) groups excluding carboxylic acids is 1. The number of nitrogens with zero attached hydrogens (tertiary/aromatic N) is 1. The first-order valence-corrected chi connectivity index (χ1v) is 3.71. The zero-order valence-corrected chi connectivity index (χ0v) is 6.49. The number of aliphatic carboxylic acids is 1. The van der Waals surface area contributed by atoms with Crippen molar-refractivity contribution < 1.29 is 14.7 Å². The molecule has 5 heteroatoms. The molecule has 0 saturated carbocycles. The molecule has 2 N–H and O–H groups in total. The molecule has 0 bridgehead atoms. The van der Waals surface area contributed by atoms with Gasteiger partial charge in [-0.05, 0) is 19.1 Å². The Hall–Kier alpha value is -1.39. The van der Waals surface area contributed by atoms with E-state index in [1.165, 1.54) is 0 Å². The maximum atomic E-state index is 11.1. The second-order valence-electron chi connectivity index (χ2n) is 2.54. The van der Waals surface area contributed by atoms with Crippen LogP contribution in [0, 0.1) is 0 Å². The number of nitrogens with one attached hydrogen (secondary N) is 1. The highest BCUT2D eigenvalue weighted by Gasteiger charge is 2.19. The van der Waals surface area contributed by atoms with Gasteiger partial charge in [0.25, 0.3) is 0 Å². The molecule has 1 atom stereocenters. The Morgan fingerprint density at radius 3 is 2.92 bits per heavy atom. The number of rotatable bonds is 3. The van der Waals surface area contributed by atoms with E-state index in [1.54, 1.807) is 6.21 Å². The van der Waals surface area contributed by atoms with Crippen LogP contribution in [0.2, 0.25) is 0 Å². The van der Waals surface area contributed by atoms with Gasteiger partial charge in [-0.25, -0.2) is 0 Å². The molecule has 5 nitrogen and oxygen atoms in total. The first-order valence-electron chi connectivity index (χ1n) is 3.71. The van der Waals surface area contributed by atoms with Gasteiger partial charge in [-0.3, -0.25) is 14.6 Å². The van der Waals surface area contributed by atoms with E-state index in [0.29, 0.717) is 6.42 Å². The van der Waals surface area contributed by atoms with Crippen LogP contribution in [0.4, 0.5) is 0 Å². The third-order valence-corrected chi connectivity index (χ3v) is 1.57. The molecular formula is C7H10N2O3. The lowest BCUT2D eigenvalue weighted by Gasteiger charge is -2.05. The van der Waals surface area contributed by atoms with E-state index in [9.17, 15) is 9.59 Å². The van der Waals surface area contributed by atoms with E-state index in [4.69, 9.17) is 5.11 Å². The van der Waals surface area contributed by atoms with Crippen molar-refractivity contribution in [1.82, 2.24) is 5.32 Å². The topological polar surface area (TPSA) is 78.8 Å². The standard InChI is InChI=1S/C7H10N2O3/c10-6(11)4-9-7(12)5-2-1-3-8-5/h3,5H,1-2,4H2,(H,9,12)(H,10,11). The van der Waals surface area contributed by atoms with Crippen molar-refractivity contribution in [2.45, 2.75) is 18.9 Å². The molecule has 1 aliphatic rings. The Labute approximate surface area is 69.5 Å². The van der Waals surface area contributed by atoms with Gasteiger partial charge < -0.3 is 10.4 Å². The van der Waals surface area contributed by atoms with E-state index in [1.807, 2.05) is 0 Å². The molecule has 0 aliphatic carbocycles. The molecule has 1 heterocycles. The van der Waals surface area contributed by atoms with E-state index >= 15 is 0 Å². The van der Waals surface area contributed by atoms with Crippen LogP contribution in [0.1, 0.15) is 12.8 Å². The predicted octanol–water partition coefficient (Wildman–Crippen LogP) is -0.580. The van der Waals surface area contributed by atoms with Crippen LogP contribution in [0.5, 0.6) is 0 Å². The van der Waals surface area contributed by atoms with E-state index in [-0.39, 0.29) is 18.5 Å². The van der Waals surface area contributed by atoms with Crippen molar-refractivity contribution in [2.24, 2.45) is 4.99 Å². The third-order valence-electron chi connectivity index (χ3n) is 1.57. The molecule has 1 unspecified atom stereocenters. The van der Waals surface area contributed by atoms with Gasteiger partial charge in [-0.15, -0.1) is 0 Å². The average Bonchev–Trinajstić information content (AvgIpc) is 2.51. The summed E-state index contributed by atoms with van der Waals surface area (Å²) in [5.41, 5.74) is 0. The van der Waals surface area contributed by atoms with Crippen molar-refractivity contribution in [1.29, 1.82) is 0 Å². The third kappa shape index (κ3) is 2.34. The second-order valence-corrected chi connectivity index (χ2v) is 2.54. The van der Waals surface area contributed by atoms with Gasteiger partial charge in [0.15, 0.2) is 0 Å². The lowest BCUT2D eigenvalue weighted by molar-refractivity contribution is -0.138. The quantitative estimate of drug-likeness (QED) is 0.594. The molecule has 0 radical (unpaired) electrons. The summed E-state index contributed by atoms with van der Waals surface area (Å²) in [5.74, 6) is -1.34. The summed E-state index contributed by atoms with van der Waals surface area (Å²) in [4.78, 5) is 25.0. The van der Waals surface area contributed by atoms with Crippen molar-refractivity contribution in [2.75, 3.05) is 6.54 Å². The predicted molar refractivity (Wildman–Crippen MR) is 42.2 cm³/mol. The molecule has 12 heavy (non-hydrogen) atoms. The van der Waals surface area contributed by atoms with E-state index in [0.717, 1.165) is 6.42 Å². The van der Waals surface area contributed by atoms with Crippen molar-refractivity contribution in [3.63, 3.8) is 0 Å². The summed E-state index contributed by atoms with van der Waals surface area (Å²) in [5, 5.41) is 10.5. The second kappa shape index (κ2) is 3.85. The SMILES string of the molecule is O=C(O)CNC(=O)C1CCC=N1. The summed E-state index contributed by atoms with van der Waals surface area (Å²) in [6, 6.07) is -0.371. The van der Waals surface area contributed by atoms with Crippen molar-refractivity contribution in [3.8, 4) is 0 Å². The molecule has 0 saturated heterocycles. The Bertz CT molecular complexity index is 225. The number of carboxylic acid groups (broad SMARTS) is 1. The molecule has 1 amide bonds. The molecule has 1 rings (SSSR count).